The smallest absolute Gasteiger partial charge is 0.224 e. The van der Waals surface area contributed by atoms with Gasteiger partial charge in [-0.1, -0.05) is 0 Å². The molecule has 1 aromatic carbocycles. The minimum atomic E-state index is -0.0230. The van der Waals surface area contributed by atoms with Gasteiger partial charge in [0.25, 0.3) is 0 Å². The van der Waals surface area contributed by atoms with Gasteiger partial charge in [0.15, 0.2) is 5.78 Å². The molecule has 0 bridgehead atoms. The number of carbonyl (C=O) groups is 2. The fraction of sp³-hybridized carbons (Fsp3) is 0.231. The normalized spacial score (nSPS) is 13.8. The maximum atomic E-state index is 12.1. The van der Waals surface area contributed by atoms with Gasteiger partial charge in [0.1, 0.15) is 19.2 Å². The molecule has 6 nitrogen and oxygen atoms in total. The fourth-order valence-electron chi connectivity index (χ4n) is 2.11. The van der Waals surface area contributed by atoms with Crippen LogP contribution in [0.1, 0.15) is 22.3 Å². The van der Waals surface area contributed by atoms with Crippen LogP contribution in [0.15, 0.2) is 30.9 Å². The van der Waals surface area contributed by atoms with E-state index in [9.17, 15) is 9.59 Å². The van der Waals surface area contributed by atoms with Gasteiger partial charge in [-0.05, 0) is 30.2 Å². The van der Waals surface area contributed by atoms with Crippen molar-refractivity contribution in [1.29, 1.82) is 0 Å². The van der Waals surface area contributed by atoms with Crippen LogP contribution >= 0.6 is 0 Å². The molecule has 96 valence electrons. The molecule has 6 heteroatoms. The lowest BCUT2D eigenvalue weighted by Crippen LogP contribution is -2.19. The molecule has 0 fully saturated rings. The maximum absolute atomic E-state index is 12.1. The summed E-state index contributed by atoms with van der Waals surface area (Å²) in [7, 11) is 0. The lowest BCUT2D eigenvalue weighted by molar-refractivity contribution is -0.116. The molecule has 2 heterocycles. The Morgan fingerprint density at radius 1 is 1.37 bits per heavy atom. The van der Waals surface area contributed by atoms with Gasteiger partial charge < -0.3 is 5.32 Å². The Morgan fingerprint density at radius 2 is 2.26 bits per heavy atom. The van der Waals surface area contributed by atoms with Gasteiger partial charge in [-0.25, -0.2) is 9.67 Å². The standard InChI is InChI=1S/C13H12N4O2/c18-12(6-17-8-14-7-15-17)10-1-3-11-9(5-10)2-4-13(19)16-11/h1,3,5,7-8H,2,4,6H2,(H,16,19). The predicted molar refractivity (Wildman–Crippen MR) is 67.7 cm³/mol. The Labute approximate surface area is 109 Å². The summed E-state index contributed by atoms with van der Waals surface area (Å²) in [6.07, 6.45) is 4.05. The molecule has 0 saturated carbocycles. The topological polar surface area (TPSA) is 76.9 Å². The predicted octanol–water partition coefficient (Wildman–Crippen LogP) is 1.05. The first-order valence-electron chi connectivity index (χ1n) is 6.01. The molecule has 1 aliphatic heterocycles. The van der Waals surface area contributed by atoms with E-state index in [1.54, 1.807) is 12.1 Å². The van der Waals surface area contributed by atoms with Crippen molar-refractivity contribution in [3.8, 4) is 0 Å². The van der Waals surface area contributed by atoms with Gasteiger partial charge in [0.2, 0.25) is 5.91 Å². The molecule has 1 amide bonds. The van der Waals surface area contributed by atoms with Crippen LogP contribution in [0.3, 0.4) is 0 Å². The lowest BCUT2D eigenvalue weighted by atomic mass is 9.99. The second kappa shape index (κ2) is 4.64. The summed E-state index contributed by atoms with van der Waals surface area (Å²) < 4.78 is 1.49. The molecule has 0 atom stereocenters. The van der Waals surface area contributed by atoms with Crippen molar-refractivity contribution in [3.63, 3.8) is 0 Å². The Kier molecular flexibility index (Phi) is 2.83. The summed E-state index contributed by atoms with van der Waals surface area (Å²) in [5.74, 6) is -0.000563. The van der Waals surface area contributed by atoms with Crippen molar-refractivity contribution >= 4 is 17.4 Å². The first-order chi connectivity index (χ1) is 9.22. The Morgan fingerprint density at radius 3 is 3.05 bits per heavy atom. The average molecular weight is 256 g/mol. The lowest BCUT2D eigenvalue weighted by Gasteiger charge is -2.17. The van der Waals surface area contributed by atoms with Crippen LogP contribution in [-0.2, 0) is 17.8 Å². The number of amides is 1. The van der Waals surface area contributed by atoms with Crippen LogP contribution < -0.4 is 5.32 Å². The van der Waals surface area contributed by atoms with E-state index in [1.807, 2.05) is 6.07 Å². The van der Waals surface area contributed by atoms with E-state index in [0.29, 0.717) is 18.4 Å². The zero-order chi connectivity index (χ0) is 13.2. The molecule has 1 aliphatic rings. The Hall–Kier alpha value is -2.50. The number of aryl methyl sites for hydroxylation is 1. The molecule has 19 heavy (non-hydrogen) atoms. The molecule has 3 rings (SSSR count). The summed E-state index contributed by atoms with van der Waals surface area (Å²) in [4.78, 5) is 27.1. The van der Waals surface area contributed by atoms with E-state index in [4.69, 9.17) is 0 Å². The summed E-state index contributed by atoms with van der Waals surface area (Å²) in [5, 5.41) is 6.70. The average Bonchev–Trinajstić information content (AvgIpc) is 2.91. The third kappa shape index (κ3) is 2.37. The van der Waals surface area contributed by atoms with Gasteiger partial charge in [-0.15, -0.1) is 0 Å². The van der Waals surface area contributed by atoms with Crippen LogP contribution in [-0.4, -0.2) is 26.5 Å². The molecule has 1 N–H and O–H groups in total. The van der Waals surface area contributed by atoms with E-state index in [0.717, 1.165) is 11.3 Å². The van der Waals surface area contributed by atoms with Gasteiger partial charge >= 0.3 is 0 Å². The highest BCUT2D eigenvalue weighted by Gasteiger charge is 2.16. The van der Waals surface area contributed by atoms with Crippen molar-refractivity contribution in [2.45, 2.75) is 19.4 Å². The zero-order valence-corrected chi connectivity index (χ0v) is 10.2. The first kappa shape index (κ1) is 11.6. The largest absolute Gasteiger partial charge is 0.326 e. The summed E-state index contributed by atoms with van der Waals surface area (Å²) in [6.45, 7) is 0.172. The number of nitrogens with zero attached hydrogens (tertiary/aromatic N) is 3. The minimum Gasteiger partial charge on any atom is -0.326 e. The van der Waals surface area contributed by atoms with Crippen molar-refractivity contribution in [2.24, 2.45) is 0 Å². The SMILES string of the molecule is O=C1CCc2cc(C(=O)Cn3cncn3)ccc2N1. The van der Waals surface area contributed by atoms with E-state index in [1.165, 1.54) is 17.3 Å². The molecule has 2 aromatic rings. The molecular weight excluding hydrogens is 244 g/mol. The molecule has 0 spiro atoms. The second-order valence-electron chi connectivity index (χ2n) is 4.44. The molecular formula is C13H12N4O2. The highest BCUT2D eigenvalue weighted by molar-refractivity contribution is 5.98. The number of fused-ring (bicyclic) bond motifs is 1. The number of aromatic nitrogens is 3. The van der Waals surface area contributed by atoms with Crippen molar-refractivity contribution in [1.82, 2.24) is 14.8 Å². The highest BCUT2D eigenvalue weighted by Crippen LogP contribution is 2.23. The van der Waals surface area contributed by atoms with Gasteiger partial charge in [0, 0.05) is 17.7 Å². The zero-order valence-electron chi connectivity index (χ0n) is 10.2. The van der Waals surface area contributed by atoms with Gasteiger partial charge in [0.05, 0.1) is 0 Å². The van der Waals surface area contributed by atoms with Crippen LogP contribution in [0.4, 0.5) is 5.69 Å². The van der Waals surface area contributed by atoms with Crippen molar-refractivity contribution in [3.05, 3.63) is 42.0 Å². The molecule has 0 unspecified atom stereocenters. The Balaban J connectivity index is 1.82. The highest BCUT2D eigenvalue weighted by atomic mass is 16.1. The van der Waals surface area contributed by atoms with Crippen LogP contribution in [0, 0.1) is 0 Å². The number of carbonyl (C=O) groups excluding carboxylic acids is 2. The number of anilines is 1. The molecule has 0 saturated heterocycles. The monoisotopic (exact) mass is 256 g/mol. The number of Topliss-reactive ketones (excluding diaryl/α,β-unsaturated/α-hetero) is 1. The molecule has 1 aromatic heterocycles. The number of hydrogen-bond donors (Lipinski definition) is 1. The summed E-state index contributed by atoms with van der Waals surface area (Å²) in [5.41, 5.74) is 2.43. The van der Waals surface area contributed by atoms with Gasteiger partial charge in [-0.2, -0.15) is 5.10 Å². The number of rotatable bonds is 3. The third-order valence-corrected chi connectivity index (χ3v) is 3.09. The number of nitrogens with one attached hydrogen (secondary N) is 1. The number of benzene rings is 1. The van der Waals surface area contributed by atoms with Crippen LogP contribution in [0.25, 0.3) is 0 Å². The fourth-order valence-corrected chi connectivity index (χ4v) is 2.11. The second-order valence-corrected chi connectivity index (χ2v) is 4.44. The first-order valence-corrected chi connectivity index (χ1v) is 6.01. The summed E-state index contributed by atoms with van der Waals surface area (Å²) >= 11 is 0. The number of ketones is 1. The van der Waals surface area contributed by atoms with Crippen molar-refractivity contribution in [2.75, 3.05) is 5.32 Å². The van der Waals surface area contributed by atoms with E-state index < -0.39 is 0 Å². The maximum Gasteiger partial charge on any atom is 0.224 e. The van der Waals surface area contributed by atoms with Crippen LogP contribution in [0.5, 0.6) is 0 Å². The summed E-state index contributed by atoms with van der Waals surface area (Å²) in [6, 6.07) is 5.35. The minimum absolute atomic E-state index is 0.0224. The van der Waals surface area contributed by atoms with Crippen LogP contribution in [0.2, 0.25) is 0 Å². The van der Waals surface area contributed by atoms with E-state index in [-0.39, 0.29) is 18.2 Å². The van der Waals surface area contributed by atoms with E-state index >= 15 is 0 Å². The third-order valence-electron chi connectivity index (χ3n) is 3.09. The van der Waals surface area contributed by atoms with Crippen molar-refractivity contribution < 1.29 is 9.59 Å². The molecule has 0 aliphatic carbocycles. The van der Waals surface area contributed by atoms with Gasteiger partial charge in [-0.3, -0.25) is 9.59 Å². The Bertz CT molecular complexity index is 634. The molecule has 0 radical (unpaired) electrons. The quantitative estimate of drug-likeness (QED) is 0.832. The van der Waals surface area contributed by atoms with E-state index in [2.05, 4.69) is 15.4 Å². The number of hydrogen-bond acceptors (Lipinski definition) is 4.